The molecule has 0 aromatic heterocycles. The Morgan fingerprint density at radius 1 is 1.32 bits per heavy atom. The normalized spacial score (nSPS) is 10.9. The van der Waals surface area contributed by atoms with Gasteiger partial charge in [-0.1, -0.05) is 0 Å². The Hall–Kier alpha value is -2.37. The molecule has 1 amide bonds. The first kappa shape index (κ1) is 14.7. The second kappa shape index (κ2) is 7.15. The molecule has 0 aliphatic carbocycles. The van der Waals surface area contributed by atoms with Crippen molar-refractivity contribution < 1.29 is 14.3 Å². The molecule has 0 aliphatic heterocycles. The number of rotatable bonds is 5. The van der Waals surface area contributed by atoms with Gasteiger partial charge in [0.25, 0.3) is 0 Å². The Kier molecular flexibility index (Phi) is 5.53. The first-order valence-corrected chi connectivity index (χ1v) is 5.87. The number of carbonyl (C=O) groups excluding carboxylic acids is 2. The van der Waals surface area contributed by atoms with Crippen molar-refractivity contribution >= 4 is 29.1 Å². The molecule has 0 bridgehead atoms. The fraction of sp³-hybridized carbons (Fsp3) is 0.308. The van der Waals surface area contributed by atoms with Crippen LogP contribution in [0.15, 0.2) is 29.3 Å². The molecule has 3 N–H and O–H groups in total. The molecule has 0 fully saturated rings. The van der Waals surface area contributed by atoms with E-state index in [9.17, 15) is 9.59 Å². The van der Waals surface area contributed by atoms with E-state index in [0.717, 1.165) is 0 Å². The summed E-state index contributed by atoms with van der Waals surface area (Å²) in [6.45, 7) is 3.48. The van der Waals surface area contributed by atoms with Gasteiger partial charge in [0.05, 0.1) is 12.3 Å². The van der Waals surface area contributed by atoms with Crippen LogP contribution in [0.5, 0.6) is 0 Å². The number of esters is 1. The minimum absolute atomic E-state index is 0.0404. The average Bonchev–Trinajstić information content (AvgIpc) is 2.31. The maximum atomic E-state index is 11.2. The Morgan fingerprint density at radius 2 is 1.95 bits per heavy atom. The molecule has 1 rings (SSSR count). The molecule has 0 spiro atoms. The second-order valence-corrected chi connectivity index (χ2v) is 3.81. The smallest absolute Gasteiger partial charge is 0.313 e. The van der Waals surface area contributed by atoms with E-state index < -0.39 is 5.97 Å². The van der Waals surface area contributed by atoms with E-state index in [0.29, 0.717) is 18.0 Å². The molecule has 0 unspecified atom stereocenters. The van der Waals surface area contributed by atoms with Crippen molar-refractivity contribution in [2.75, 3.05) is 11.9 Å². The number of hydrogen-bond donors (Lipinski definition) is 2. The summed E-state index contributed by atoms with van der Waals surface area (Å²) in [5.74, 6) is -0.359. The van der Waals surface area contributed by atoms with Crippen LogP contribution in [-0.2, 0) is 14.3 Å². The third-order valence-corrected chi connectivity index (χ3v) is 2.09. The highest BCUT2D eigenvalue weighted by Gasteiger charge is 2.05. The van der Waals surface area contributed by atoms with Crippen LogP contribution >= 0.6 is 0 Å². The number of nitrogens with zero attached hydrogens (tertiary/aromatic N) is 1. The maximum Gasteiger partial charge on any atom is 0.313 e. The van der Waals surface area contributed by atoms with Gasteiger partial charge in [0.2, 0.25) is 5.91 Å². The van der Waals surface area contributed by atoms with Crippen molar-refractivity contribution in [1.82, 2.24) is 0 Å². The molecule has 0 saturated heterocycles. The predicted octanol–water partition coefficient (Wildman–Crippen LogP) is 1.59. The summed E-state index contributed by atoms with van der Waals surface area (Å²) in [4.78, 5) is 26.1. The number of amidine groups is 1. The molecule has 6 nitrogen and oxygen atoms in total. The Morgan fingerprint density at radius 3 is 2.47 bits per heavy atom. The lowest BCUT2D eigenvalue weighted by Crippen LogP contribution is -2.18. The molecule has 1 aromatic rings. The van der Waals surface area contributed by atoms with Gasteiger partial charge in [-0.2, -0.15) is 0 Å². The van der Waals surface area contributed by atoms with Crippen LogP contribution in [0.4, 0.5) is 11.4 Å². The largest absolute Gasteiger partial charge is 0.466 e. The minimum atomic E-state index is -0.404. The molecule has 6 heteroatoms. The number of anilines is 1. The zero-order valence-corrected chi connectivity index (χ0v) is 11.0. The van der Waals surface area contributed by atoms with E-state index in [2.05, 4.69) is 10.3 Å². The first-order valence-electron chi connectivity index (χ1n) is 5.87. The number of nitrogens with two attached hydrogens (primary N) is 1. The molecule has 0 saturated carbocycles. The molecule has 0 aliphatic rings. The third kappa shape index (κ3) is 5.67. The summed E-state index contributed by atoms with van der Waals surface area (Å²) in [6, 6.07) is 6.81. The van der Waals surface area contributed by atoms with E-state index in [1.807, 2.05) is 0 Å². The maximum absolute atomic E-state index is 11.2. The van der Waals surface area contributed by atoms with Gasteiger partial charge in [0.15, 0.2) is 0 Å². The highest BCUT2D eigenvalue weighted by Crippen LogP contribution is 2.16. The molecule has 0 radical (unpaired) electrons. The minimum Gasteiger partial charge on any atom is -0.466 e. The first-order chi connectivity index (χ1) is 9.01. The number of aliphatic imine (C=N–C) groups is 1. The zero-order valence-electron chi connectivity index (χ0n) is 11.0. The molecule has 102 valence electrons. The summed E-state index contributed by atoms with van der Waals surface area (Å²) in [7, 11) is 0. The zero-order chi connectivity index (χ0) is 14.3. The lowest BCUT2D eigenvalue weighted by atomic mass is 10.3. The molecular formula is C13H17N3O3. The molecule has 19 heavy (non-hydrogen) atoms. The van der Waals surface area contributed by atoms with Gasteiger partial charge in [-0.25, -0.2) is 4.99 Å². The van der Waals surface area contributed by atoms with Crippen LogP contribution in [0, 0.1) is 0 Å². The Labute approximate surface area is 111 Å². The third-order valence-electron chi connectivity index (χ3n) is 2.09. The van der Waals surface area contributed by atoms with Crippen LogP contribution in [-0.4, -0.2) is 24.3 Å². The van der Waals surface area contributed by atoms with Crippen molar-refractivity contribution in [2.24, 2.45) is 10.7 Å². The summed E-state index contributed by atoms with van der Waals surface area (Å²) < 4.78 is 4.77. The lowest BCUT2D eigenvalue weighted by Gasteiger charge is -2.03. The van der Waals surface area contributed by atoms with E-state index in [4.69, 9.17) is 10.5 Å². The highest BCUT2D eigenvalue weighted by molar-refractivity contribution is 5.97. The van der Waals surface area contributed by atoms with Crippen molar-refractivity contribution in [1.29, 1.82) is 0 Å². The van der Waals surface area contributed by atoms with Gasteiger partial charge < -0.3 is 15.8 Å². The lowest BCUT2D eigenvalue weighted by molar-refractivity contribution is -0.141. The number of hydrogen-bond acceptors (Lipinski definition) is 4. The fourth-order valence-corrected chi connectivity index (χ4v) is 1.39. The topological polar surface area (TPSA) is 93.8 Å². The van der Waals surface area contributed by atoms with Gasteiger partial charge in [-0.3, -0.25) is 9.59 Å². The molecule has 0 atom stereocenters. The van der Waals surface area contributed by atoms with E-state index in [1.165, 1.54) is 6.92 Å². The van der Waals surface area contributed by atoms with Gasteiger partial charge in [-0.15, -0.1) is 0 Å². The number of benzene rings is 1. The van der Waals surface area contributed by atoms with Crippen LogP contribution in [0.25, 0.3) is 0 Å². The summed E-state index contributed by atoms with van der Waals surface area (Å²) in [6.07, 6.45) is -0.0404. The summed E-state index contributed by atoms with van der Waals surface area (Å²) >= 11 is 0. The van der Waals surface area contributed by atoms with Crippen LogP contribution < -0.4 is 11.1 Å². The van der Waals surface area contributed by atoms with Crippen molar-refractivity contribution in [3.63, 3.8) is 0 Å². The quantitative estimate of drug-likeness (QED) is 0.479. The fourth-order valence-electron chi connectivity index (χ4n) is 1.39. The standard InChI is InChI=1S/C13H17N3O3/c1-3-19-13(18)8-12(14)16-11-6-4-10(5-7-11)15-9(2)17/h4-7H,3,8H2,1-2H3,(H2,14,16)(H,15,17). The molecular weight excluding hydrogens is 246 g/mol. The second-order valence-electron chi connectivity index (χ2n) is 3.81. The molecule has 1 aromatic carbocycles. The SMILES string of the molecule is CCOC(=O)CC(N)=Nc1ccc(NC(C)=O)cc1. The van der Waals surface area contributed by atoms with E-state index >= 15 is 0 Å². The number of ether oxygens (including phenoxy) is 1. The van der Waals surface area contributed by atoms with Crippen molar-refractivity contribution in [2.45, 2.75) is 20.3 Å². The summed E-state index contributed by atoms with van der Waals surface area (Å²) in [5, 5.41) is 2.64. The van der Waals surface area contributed by atoms with Gasteiger partial charge in [0.1, 0.15) is 12.3 Å². The van der Waals surface area contributed by atoms with Gasteiger partial charge in [-0.05, 0) is 31.2 Å². The molecule has 0 heterocycles. The summed E-state index contributed by atoms with van der Waals surface area (Å²) in [5.41, 5.74) is 6.92. The van der Waals surface area contributed by atoms with Crippen molar-refractivity contribution in [3.05, 3.63) is 24.3 Å². The van der Waals surface area contributed by atoms with Crippen molar-refractivity contribution in [3.8, 4) is 0 Å². The van der Waals surface area contributed by atoms with Gasteiger partial charge in [0, 0.05) is 12.6 Å². The van der Waals surface area contributed by atoms with Gasteiger partial charge >= 0.3 is 5.97 Å². The van der Waals surface area contributed by atoms with Crippen LogP contribution in [0.2, 0.25) is 0 Å². The monoisotopic (exact) mass is 263 g/mol. The number of nitrogens with one attached hydrogen (secondary N) is 1. The predicted molar refractivity (Wildman–Crippen MR) is 73.3 cm³/mol. The number of carbonyl (C=O) groups is 2. The van der Waals surface area contributed by atoms with E-state index in [1.54, 1.807) is 31.2 Å². The Balaban J connectivity index is 2.65. The van der Waals surface area contributed by atoms with Crippen LogP contribution in [0.1, 0.15) is 20.3 Å². The van der Waals surface area contributed by atoms with Crippen LogP contribution in [0.3, 0.4) is 0 Å². The highest BCUT2D eigenvalue weighted by atomic mass is 16.5. The van der Waals surface area contributed by atoms with E-state index in [-0.39, 0.29) is 18.2 Å². The Bertz CT molecular complexity index is 480. The number of amides is 1. The average molecular weight is 263 g/mol.